The number of nitrogen functional groups attached to an aromatic ring is 1. The highest BCUT2D eigenvalue weighted by molar-refractivity contribution is 5.74. The Morgan fingerprint density at radius 1 is 1.14 bits per heavy atom. The van der Waals surface area contributed by atoms with Gasteiger partial charge in [-0.05, 0) is 42.8 Å². The number of hydrogen-bond donors (Lipinski definition) is 1. The number of nitrogens with zero attached hydrogens (tertiary/aromatic N) is 3. The van der Waals surface area contributed by atoms with E-state index < -0.39 is 0 Å². The summed E-state index contributed by atoms with van der Waals surface area (Å²) in [5.74, 6) is -0.0651. The maximum atomic E-state index is 13.1. The van der Waals surface area contributed by atoms with Crippen LogP contribution in [0.5, 0.6) is 0 Å². The predicted octanol–water partition coefficient (Wildman–Crippen LogP) is 3.44. The van der Waals surface area contributed by atoms with Crippen LogP contribution in [0.3, 0.4) is 0 Å². The van der Waals surface area contributed by atoms with E-state index in [1.165, 1.54) is 12.1 Å². The molecule has 0 bridgehead atoms. The van der Waals surface area contributed by atoms with Crippen LogP contribution in [0.15, 0.2) is 48.5 Å². The number of halogens is 1. The molecule has 1 heterocycles. The Morgan fingerprint density at radius 2 is 1.82 bits per heavy atom. The monoisotopic (exact) mass is 292 g/mol. The molecule has 0 saturated heterocycles. The van der Waals surface area contributed by atoms with E-state index in [0.717, 1.165) is 11.3 Å². The maximum Gasteiger partial charge on any atom is 0.145 e. The fourth-order valence-electron chi connectivity index (χ4n) is 2.34. The molecule has 0 aliphatic carbocycles. The molecule has 0 amide bonds. The molecule has 0 aliphatic heterocycles. The normalized spacial score (nSPS) is 10.4. The van der Waals surface area contributed by atoms with Crippen molar-refractivity contribution >= 4 is 5.82 Å². The zero-order valence-electron chi connectivity index (χ0n) is 11.9. The van der Waals surface area contributed by atoms with Crippen LogP contribution < -0.4 is 5.73 Å². The molecule has 0 atom stereocenters. The third-order valence-corrected chi connectivity index (χ3v) is 3.49. The van der Waals surface area contributed by atoms with Crippen LogP contribution in [0.1, 0.15) is 11.1 Å². The van der Waals surface area contributed by atoms with Crippen LogP contribution in [0, 0.1) is 24.1 Å². The Bertz CT molecular complexity index is 873. The number of nitriles is 1. The molecular formula is C17H13FN4. The molecule has 4 nitrogen and oxygen atoms in total. The molecule has 22 heavy (non-hydrogen) atoms. The Morgan fingerprint density at radius 3 is 2.45 bits per heavy atom. The Balaban J connectivity index is 2.22. The lowest BCUT2D eigenvalue weighted by Gasteiger charge is -2.06. The topological polar surface area (TPSA) is 67.6 Å². The van der Waals surface area contributed by atoms with Crippen LogP contribution in [-0.2, 0) is 0 Å². The van der Waals surface area contributed by atoms with Crippen LogP contribution in [0.4, 0.5) is 10.2 Å². The van der Waals surface area contributed by atoms with Gasteiger partial charge in [-0.25, -0.2) is 9.07 Å². The smallest absolute Gasteiger partial charge is 0.145 e. The van der Waals surface area contributed by atoms with Gasteiger partial charge in [0.2, 0.25) is 0 Å². The lowest BCUT2D eigenvalue weighted by Crippen LogP contribution is -2.04. The van der Waals surface area contributed by atoms with Crippen LogP contribution >= 0.6 is 0 Å². The number of rotatable bonds is 2. The van der Waals surface area contributed by atoms with Gasteiger partial charge in [0.05, 0.1) is 5.69 Å². The Labute approximate surface area is 127 Å². The summed E-state index contributed by atoms with van der Waals surface area (Å²) in [5, 5.41) is 13.8. The van der Waals surface area contributed by atoms with Crippen LogP contribution in [0.25, 0.3) is 16.9 Å². The minimum Gasteiger partial charge on any atom is -0.382 e. The highest BCUT2D eigenvalue weighted by Gasteiger charge is 2.18. The van der Waals surface area contributed by atoms with Gasteiger partial charge in [-0.1, -0.05) is 18.2 Å². The Hall–Kier alpha value is -3.13. The molecule has 1 aromatic heterocycles. The van der Waals surface area contributed by atoms with Gasteiger partial charge in [-0.2, -0.15) is 10.4 Å². The fraction of sp³-hybridized carbons (Fsp3) is 0.0588. The second kappa shape index (κ2) is 5.34. The van der Waals surface area contributed by atoms with Crippen molar-refractivity contribution in [1.82, 2.24) is 9.78 Å². The summed E-state index contributed by atoms with van der Waals surface area (Å²) in [5.41, 5.74) is 9.27. The molecule has 0 fully saturated rings. The number of aryl methyl sites for hydroxylation is 1. The van der Waals surface area contributed by atoms with Gasteiger partial charge in [0.1, 0.15) is 29.0 Å². The van der Waals surface area contributed by atoms with E-state index in [9.17, 15) is 9.65 Å². The summed E-state index contributed by atoms with van der Waals surface area (Å²) in [6.07, 6.45) is 0. The maximum absolute atomic E-state index is 13.1. The van der Waals surface area contributed by atoms with Crippen LogP contribution in [0.2, 0.25) is 0 Å². The second-order valence-electron chi connectivity index (χ2n) is 4.93. The SMILES string of the molecule is Cc1ccccc1-n1nc(-c2ccc(F)cc2)c(C#N)c1N. The number of para-hydroxylation sites is 1. The number of anilines is 1. The molecule has 5 heteroatoms. The molecule has 3 aromatic rings. The van der Waals surface area contributed by atoms with Gasteiger partial charge in [0.25, 0.3) is 0 Å². The average Bonchev–Trinajstić information content (AvgIpc) is 2.85. The molecule has 3 rings (SSSR count). The predicted molar refractivity (Wildman–Crippen MR) is 82.8 cm³/mol. The van der Waals surface area contributed by atoms with E-state index >= 15 is 0 Å². The van der Waals surface area contributed by atoms with E-state index in [1.54, 1.807) is 16.8 Å². The number of nitrogens with two attached hydrogens (primary N) is 1. The first-order chi connectivity index (χ1) is 10.6. The zero-order chi connectivity index (χ0) is 15.7. The number of benzene rings is 2. The van der Waals surface area contributed by atoms with Gasteiger partial charge in [-0.3, -0.25) is 0 Å². The van der Waals surface area contributed by atoms with Crippen molar-refractivity contribution in [2.45, 2.75) is 6.92 Å². The number of aromatic nitrogens is 2. The van der Waals surface area contributed by atoms with Crippen molar-refractivity contribution in [2.75, 3.05) is 5.73 Å². The standard InChI is InChI=1S/C17H13FN4/c1-11-4-2-3-5-15(11)22-17(20)14(10-19)16(21-22)12-6-8-13(18)9-7-12/h2-9H,20H2,1H3. The lowest BCUT2D eigenvalue weighted by molar-refractivity contribution is 0.628. The minimum atomic E-state index is -0.339. The first kappa shape index (κ1) is 13.8. The molecule has 0 saturated carbocycles. The quantitative estimate of drug-likeness (QED) is 0.786. The molecule has 2 N–H and O–H groups in total. The highest BCUT2D eigenvalue weighted by Crippen LogP contribution is 2.29. The number of hydrogen-bond acceptors (Lipinski definition) is 3. The molecular weight excluding hydrogens is 279 g/mol. The lowest BCUT2D eigenvalue weighted by atomic mass is 10.1. The summed E-state index contributed by atoms with van der Waals surface area (Å²) in [4.78, 5) is 0. The first-order valence-corrected chi connectivity index (χ1v) is 6.72. The average molecular weight is 292 g/mol. The van der Waals surface area contributed by atoms with Crippen molar-refractivity contribution in [3.05, 3.63) is 65.5 Å². The largest absolute Gasteiger partial charge is 0.382 e. The highest BCUT2D eigenvalue weighted by atomic mass is 19.1. The third kappa shape index (κ3) is 2.21. The minimum absolute atomic E-state index is 0.274. The van der Waals surface area contributed by atoms with Crippen molar-refractivity contribution < 1.29 is 4.39 Å². The summed E-state index contributed by atoms with van der Waals surface area (Å²) in [6.45, 7) is 1.94. The van der Waals surface area contributed by atoms with E-state index in [0.29, 0.717) is 11.3 Å². The van der Waals surface area contributed by atoms with Crippen LogP contribution in [-0.4, -0.2) is 9.78 Å². The van der Waals surface area contributed by atoms with Gasteiger partial charge in [-0.15, -0.1) is 0 Å². The third-order valence-electron chi connectivity index (χ3n) is 3.49. The second-order valence-corrected chi connectivity index (χ2v) is 4.93. The van der Waals surface area contributed by atoms with E-state index in [1.807, 2.05) is 31.2 Å². The summed E-state index contributed by atoms with van der Waals surface area (Å²) in [7, 11) is 0. The summed E-state index contributed by atoms with van der Waals surface area (Å²) >= 11 is 0. The summed E-state index contributed by atoms with van der Waals surface area (Å²) in [6, 6.07) is 15.5. The van der Waals surface area contributed by atoms with Crippen molar-refractivity contribution in [3.8, 4) is 23.0 Å². The summed E-state index contributed by atoms with van der Waals surface area (Å²) < 4.78 is 14.6. The van der Waals surface area contributed by atoms with Crippen molar-refractivity contribution in [1.29, 1.82) is 5.26 Å². The molecule has 2 aromatic carbocycles. The van der Waals surface area contributed by atoms with E-state index in [2.05, 4.69) is 11.2 Å². The van der Waals surface area contributed by atoms with Crippen molar-refractivity contribution in [2.24, 2.45) is 0 Å². The molecule has 108 valence electrons. The molecule has 0 spiro atoms. The molecule has 0 aliphatic rings. The fourth-order valence-corrected chi connectivity index (χ4v) is 2.34. The van der Waals surface area contributed by atoms with Gasteiger partial charge >= 0.3 is 0 Å². The van der Waals surface area contributed by atoms with Gasteiger partial charge in [0.15, 0.2) is 0 Å². The zero-order valence-corrected chi connectivity index (χ0v) is 11.9. The Kier molecular flexibility index (Phi) is 3.36. The molecule has 0 radical (unpaired) electrons. The van der Waals surface area contributed by atoms with Crippen molar-refractivity contribution in [3.63, 3.8) is 0 Å². The van der Waals surface area contributed by atoms with E-state index in [4.69, 9.17) is 5.73 Å². The molecule has 0 unspecified atom stereocenters. The first-order valence-electron chi connectivity index (χ1n) is 6.72. The van der Waals surface area contributed by atoms with E-state index in [-0.39, 0.29) is 17.2 Å². The van der Waals surface area contributed by atoms with Gasteiger partial charge < -0.3 is 5.73 Å². The van der Waals surface area contributed by atoms with Gasteiger partial charge in [0, 0.05) is 5.56 Å².